The monoisotopic (exact) mass is 360 g/mol. The van der Waals surface area contributed by atoms with Gasteiger partial charge in [0.1, 0.15) is 12.9 Å². The molecule has 1 fully saturated rings. The average Bonchev–Trinajstić information content (AvgIpc) is 3.30. The molecule has 0 atom stereocenters. The van der Waals surface area contributed by atoms with Crippen LogP contribution < -0.4 is 10.6 Å². The van der Waals surface area contributed by atoms with E-state index in [1.165, 1.54) is 37.0 Å². The molecule has 1 saturated carbocycles. The van der Waals surface area contributed by atoms with Crippen LogP contribution in [0.1, 0.15) is 49.7 Å². The van der Waals surface area contributed by atoms with Crippen LogP contribution in [0.5, 0.6) is 0 Å². The first kappa shape index (κ1) is 17.9. The maximum absolute atomic E-state index is 4.69. The van der Waals surface area contributed by atoms with Crippen molar-refractivity contribution in [3.05, 3.63) is 34.5 Å². The fourth-order valence-corrected chi connectivity index (χ4v) is 4.50. The molecule has 6 nitrogen and oxygen atoms in total. The molecule has 0 aliphatic heterocycles. The summed E-state index contributed by atoms with van der Waals surface area (Å²) >= 11 is 1.88. The minimum atomic E-state index is 0.243. The van der Waals surface area contributed by atoms with Crippen molar-refractivity contribution in [1.82, 2.24) is 25.4 Å². The molecule has 0 spiro atoms. The number of aliphatic imine (C=N–C) groups is 1. The number of nitrogens with one attached hydrogen (secondary N) is 2. The van der Waals surface area contributed by atoms with E-state index in [-0.39, 0.29) is 5.41 Å². The van der Waals surface area contributed by atoms with Crippen LogP contribution in [-0.2, 0) is 19.0 Å². The molecule has 0 radical (unpaired) electrons. The van der Waals surface area contributed by atoms with Crippen LogP contribution >= 0.6 is 11.3 Å². The molecule has 3 rings (SSSR count). The second-order valence-corrected chi connectivity index (χ2v) is 7.67. The molecule has 2 N–H and O–H groups in total. The smallest absolute Gasteiger partial charge is 0.191 e. The molecule has 2 aromatic rings. The number of hydrogen-bond acceptors (Lipinski definition) is 4. The van der Waals surface area contributed by atoms with Crippen LogP contribution in [0.4, 0.5) is 0 Å². The molecule has 0 amide bonds. The number of hydrogen-bond donors (Lipinski definition) is 2. The van der Waals surface area contributed by atoms with Gasteiger partial charge in [0, 0.05) is 30.4 Å². The van der Waals surface area contributed by atoms with E-state index in [1.54, 1.807) is 6.33 Å². The highest BCUT2D eigenvalue weighted by atomic mass is 32.1. The lowest BCUT2D eigenvalue weighted by molar-refractivity contribution is 0.296. The molecule has 0 saturated heterocycles. The van der Waals surface area contributed by atoms with E-state index in [0.29, 0.717) is 6.54 Å². The van der Waals surface area contributed by atoms with Gasteiger partial charge in [-0.3, -0.25) is 0 Å². The molecule has 2 heterocycles. The number of nitrogens with zero attached hydrogens (tertiary/aromatic N) is 4. The van der Waals surface area contributed by atoms with Crippen molar-refractivity contribution in [2.24, 2.45) is 12.0 Å². The third kappa shape index (κ3) is 4.39. The molecule has 1 aliphatic rings. The van der Waals surface area contributed by atoms with Crippen molar-refractivity contribution >= 4 is 17.3 Å². The molecule has 7 heteroatoms. The Balaban J connectivity index is 1.69. The van der Waals surface area contributed by atoms with Crippen LogP contribution in [-0.4, -0.2) is 33.8 Å². The Morgan fingerprint density at radius 2 is 2.16 bits per heavy atom. The third-order valence-electron chi connectivity index (χ3n) is 4.98. The molecule has 2 aromatic heterocycles. The van der Waals surface area contributed by atoms with E-state index in [4.69, 9.17) is 0 Å². The van der Waals surface area contributed by atoms with Crippen molar-refractivity contribution in [3.63, 3.8) is 0 Å². The van der Waals surface area contributed by atoms with Gasteiger partial charge in [0.25, 0.3) is 0 Å². The Bertz CT molecular complexity index is 670. The fraction of sp³-hybridized carbons (Fsp3) is 0.611. The molecule has 0 unspecified atom stereocenters. The van der Waals surface area contributed by atoms with Gasteiger partial charge in [0.2, 0.25) is 0 Å². The van der Waals surface area contributed by atoms with Crippen LogP contribution in [0, 0.1) is 0 Å². The summed E-state index contributed by atoms with van der Waals surface area (Å²) in [4.78, 5) is 6.19. The van der Waals surface area contributed by atoms with E-state index in [1.807, 2.05) is 23.0 Å². The number of thiophene rings is 1. The normalized spacial score (nSPS) is 17.4. The van der Waals surface area contributed by atoms with Gasteiger partial charge in [-0.25, -0.2) is 4.99 Å². The number of aryl methyl sites for hydroxylation is 1. The van der Waals surface area contributed by atoms with Crippen molar-refractivity contribution in [2.45, 2.75) is 51.0 Å². The molecular formula is C18H28N6S. The van der Waals surface area contributed by atoms with Crippen molar-refractivity contribution < 1.29 is 0 Å². The summed E-state index contributed by atoms with van der Waals surface area (Å²) in [5.74, 6) is 1.72. The van der Waals surface area contributed by atoms with Gasteiger partial charge in [-0.05, 0) is 31.2 Å². The second kappa shape index (κ2) is 8.47. The van der Waals surface area contributed by atoms with Gasteiger partial charge in [-0.15, -0.1) is 21.5 Å². The zero-order valence-electron chi connectivity index (χ0n) is 15.2. The van der Waals surface area contributed by atoms with Gasteiger partial charge < -0.3 is 15.2 Å². The summed E-state index contributed by atoms with van der Waals surface area (Å²) in [5, 5.41) is 17.2. The van der Waals surface area contributed by atoms with E-state index in [0.717, 1.165) is 24.9 Å². The lowest BCUT2D eigenvalue weighted by Gasteiger charge is -2.37. The van der Waals surface area contributed by atoms with Gasteiger partial charge in [0.05, 0.1) is 0 Å². The minimum Gasteiger partial charge on any atom is -0.357 e. The number of guanidine groups is 1. The summed E-state index contributed by atoms with van der Waals surface area (Å²) in [6.07, 6.45) is 8.19. The molecule has 1 aliphatic carbocycles. The van der Waals surface area contributed by atoms with Gasteiger partial charge >= 0.3 is 0 Å². The first-order valence-electron chi connectivity index (χ1n) is 9.12. The van der Waals surface area contributed by atoms with E-state index >= 15 is 0 Å². The summed E-state index contributed by atoms with van der Waals surface area (Å²) in [5.41, 5.74) is 0.243. The van der Waals surface area contributed by atoms with Gasteiger partial charge in [-0.2, -0.15) is 0 Å². The molecule has 136 valence electrons. The Labute approximate surface area is 153 Å². The van der Waals surface area contributed by atoms with Crippen LogP contribution in [0.15, 0.2) is 28.8 Å². The number of rotatable bonds is 6. The quantitative estimate of drug-likeness (QED) is 0.614. The Morgan fingerprint density at radius 3 is 2.80 bits per heavy atom. The van der Waals surface area contributed by atoms with Gasteiger partial charge in [0.15, 0.2) is 11.8 Å². The van der Waals surface area contributed by atoms with Crippen LogP contribution in [0.25, 0.3) is 0 Å². The largest absolute Gasteiger partial charge is 0.357 e. The number of aromatic nitrogens is 3. The highest BCUT2D eigenvalue weighted by Crippen LogP contribution is 2.41. The summed E-state index contributed by atoms with van der Waals surface area (Å²) in [6, 6.07) is 4.46. The average molecular weight is 361 g/mol. The predicted molar refractivity (Wildman–Crippen MR) is 103 cm³/mol. The molecular weight excluding hydrogens is 332 g/mol. The van der Waals surface area contributed by atoms with E-state index < -0.39 is 0 Å². The van der Waals surface area contributed by atoms with E-state index in [2.05, 4.69) is 50.3 Å². The fourth-order valence-electron chi connectivity index (χ4n) is 3.51. The second-order valence-electron chi connectivity index (χ2n) is 6.73. The maximum Gasteiger partial charge on any atom is 0.191 e. The Kier molecular flexibility index (Phi) is 6.07. The van der Waals surface area contributed by atoms with Gasteiger partial charge in [-0.1, -0.05) is 25.3 Å². The predicted octanol–water partition coefficient (Wildman–Crippen LogP) is 2.83. The standard InChI is InChI=1S/C18H28N6S/c1-3-19-17(20-12-16-23-22-14-24(16)2)21-13-18(9-5-4-6-10-18)15-8-7-11-25-15/h7-8,11,14H,3-6,9-10,12-13H2,1-2H3,(H2,19,20,21). The highest BCUT2D eigenvalue weighted by molar-refractivity contribution is 7.10. The summed E-state index contributed by atoms with van der Waals surface area (Å²) < 4.78 is 1.90. The molecule has 0 bridgehead atoms. The van der Waals surface area contributed by atoms with Crippen molar-refractivity contribution in [2.75, 3.05) is 13.1 Å². The topological polar surface area (TPSA) is 67.1 Å². The lowest BCUT2D eigenvalue weighted by Crippen LogP contribution is -2.46. The zero-order valence-corrected chi connectivity index (χ0v) is 16.0. The van der Waals surface area contributed by atoms with Crippen molar-refractivity contribution in [3.8, 4) is 0 Å². The summed E-state index contributed by atoms with van der Waals surface area (Å²) in [6.45, 7) is 4.39. The SMILES string of the molecule is CCNC(=NCc1nncn1C)NCC1(c2cccs2)CCCCC1. The third-order valence-corrected chi connectivity index (χ3v) is 6.09. The Hall–Kier alpha value is -1.89. The summed E-state index contributed by atoms with van der Waals surface area (Å²) in [7, 11) is 1.94. The highest BCUT2D eigenvalue weighted by Gasteiger charge is 2.34. The van der Waals surface area contributed by atoms with Crippen LogP contribution in [0.3, 0.4) is 0 Å². The lowest BCUT2D eigenvalue weighted by atomic mass is 9.73. The minimum absolute atomic E-state index is 0.243. The first-order chi connectivity index (χ1) is 12.2. The van der Waals surface area contributed by atoms with Crippen molar-refractivity contribution in [1.29, 1.82) is 0 Å². The first-order valence-corrected chi connectivity index (χ1v) is 10.0. The Morgan fingerprint density at radius 1 is 1.32 bits per heavy atom. The molecule has 25 heavy (non-hydrogen) atoms. The van der Waals surface area contributed by atoms with E-state index in [9.17, 15) is 0 Å². The van der Waals surface area contributed by atoms with Crippen LogP contribution in [0.2, 0.25) is 0 Å². The molecule has 0 aromatic carbocycles. The maximum atomic E-state index is 4.69. The zero-order chi connectivity index (χ0) is 17.5.